The lowest BCUT2D eigenvalue weighted by Gasteiger charge is -2.26. The minimum absolute atomic E-state index is 0.0896. The van der Waals surface area contributed by atoms with Crippen LogP contribution in [0.2, 0.25) is 0 Å². The molecule has 0 aromatic carbocycles. The van der Waals surface area contributed by atoms with Gasteiger partial charge in [-0.05, 0) is 19.8 Å². The summed E-state index contributed by atoms with van der Waals surface area (Å²) in [5.74, 6) is -0.0460. The van der Waals surface area contributed by atoms with Gasteiger partial charge in [0.2, 0.25) is 5.91 Å². The van der Waals surface area contributed by atoms with E-state index in [-0.39, 0.29) is 17.6 Å². The summed E-state index contributed by atoms with van der Waals surface area (Å²) >= 11 is 2.85. The van der Waals surface area contributed by atoms with Gasteiger partial charge in [-0.2, -0.15) is 0 Å². The van der Waals surface area contributed by atoms with Crippen LogP contribution < -0.4 is 5.32 Å². The summed E-state index contributed by atoms with van der Waals surface area (Å²) in [6, 6.07) is 0.745. The van der Waals surface area contributed by atoms with Crippen LogP contribution in [0.1, 0.15) is 50.0 Å². The molecule has 0 saturated carbocycles. The van der Waals surface area contributed by atoms with E-state index in [2.05, 4.69) is 24.1 Å². The third-order valence-electron chi connectivity index (χ3n) is 4.14. The van der Waals surface area contributed by atoms with Gasteiger partial charge in [-0.25, -0.2) is 9.78 Å². The molecule has 2 atom stereocenters. The maximum absolute atomic E-state index is 12.1. The molecule has 8 heteroatoms. The molecular weight excluding hydrogens is 346 g/mol. The molecule has 1 fully saturated rings. The molecule has 1 aromatic heterocycles. The Labute approximate surface area is 151 Å². The summed E-state index contributed by atoms with van der Waals surface area (Å²) in [6.07, 6.45) is 3.84. The van der Waals surface area contributed by atoms with Gasteiger partial charge in [0.15, 0.2) is 10.0 Å². The second-order valence-electron chi connectivity index (χ2n) is 6.03. The first kappa shape index (κ1) is 19.2. The summed E-state index contributed by atoms with van der Waals surface area (Å²) in [4.78, 5) is 28.9. The number of carboxylic acids is 1. The average Bonchev–Trinajstić information content (AvgIpc) is 3.14. The molecule has 0 spiro atoms. The first-order valence-electron chi connectivity index (χ1n) is 8.35. The van der Waals surface area contributed by atoms with E-state index in [4.69, 9.17) is 5.11 Å². The fourth-order valence-electron chi connectivity index (χ4n) is 2.84. The monoisotopic (exact) mass is 371 g/mol. The summed E-state index contributed by atoms with van der Waals surface area (Å²) in [5.41, 5.74) is 0.0896. The molecule has 1 amide bonds. The van der Waals surface area contributed by atoms with Crippen molar-refractivity contribution in [3.63, 3.8) is 0 Å². The number of nitrogens with zero attached hydrogens (tertiary/aromatic N) is 2. The molecule has 6 nitrogen and oxygen atoms in total. The molecule has 1 aliphatic rings. The Morgan fingerprint density at radius 2 is 2.42 bits per heavy atom. The molecule has 1 unspecified atom stereocenters. The van der Waals surface area contributed by atoms with Gasteiger partial charge in [0.25, 0.3) is 0 Å². The zero-order chi connectivity index (χ0) is 17.5. The van der Waals surface area contributed by atoms with Crippen LogP contribution in [-0.4, -0.2) is 57.8 Å². The molecular formula is C16H25N3O3S2. The van der Waals surface area contributed by atoms with Gasteiger partial charge in [-0.15, -0.1) is 11.3 Å². The minimum Gasteiger partial charge on any atom is -0.476 e. The van der Waals surface area contributed by atoms with E-state index in [1.807, 2.05) is 4.90 Å². The predicted molar refractivity (Wildman–Crippen MR) is 96.9 cm³/mol. The van der Waals surface area contributed by atoms with Gasteiger partial charge >= 0.3 is 5.97 Å². The molecule has 2 heterocycles. The van der Waals surface area contributed by atoms with E-state index < -0.39 is 5.97 Å². The molecule has 24 heavy (non-hydrogen) atoms. The average molecular weight is 372 g/mol. The molecule has 134 valence electrons. The van der Waals surface area contributed by atoms with Crippen LogP contribution in [0.15, 0.2) is 9.72 Å². The first-order valence-corrected chi connectivity index (χ1v) is 10.2. The second kappa shape index (κ2) is 9.39. The zero-order valence-electron chi connectivity index (χ0n) is 14.2. The lowest BCUT2D eigenvalue weighted by atomic mass is 10.1. The van der Waals surface area contributed by atoms with Crippen molar-refractivity contribution in [3.05, 3.63) is 11.1 Å². The van der Waals surface area contributed by atoms with E-state index >= 15 is 0 Å². The fourth-order valence-corrected chi connectivity index (χ4v) is 4.65. The van der Waals surface area contributed by atoms with Crippen LogP contribution in [0, 0.1) is 0 Å². The number of likely N-dealkylation sites (tertiary alicyclic amines) is 1. The number of aromatic carboxylic acids is 1. The van der Waals surface area contributed by atoms with Gasteiger partial charge in [0.1, 0.15) is 0 Å². The topological polar surface area (TPSA) is 82.5 Å². The van der Waals surface area contributed by atoms with E-state index in [1.54, 1.807) is 5.38 Å². The fraction of sp³-hybridized carbons (Fsp3) is 0.688. The number of hydrogen-bond donors (Lipinski definition) is 2. The molecule has 1 aliphatic heterocycles. The van der Waals surface area contributed by atoms with Crippen molar-refractivity contribution in [3.8, 4) is 0 Å². The smallest absolute Gasteiger partial charge is 0.355 e. The van der Waals surface area contributed by atoms with Gasteiger partial charge in [0.05, 0.1) is 0 Å². The van der Waals surface area contributed by atoms with Gasteiger partial charge < -0.3 is 15.3 Å². The molecule has 0 bridgehead atoms. The van der Waals surface area contributed by atoms with Crippen LogP contribution in [0.25, 0.3) is 0 Å². The Morgan fingerprint density at radius 1 is 1.62 bits per heavy atom. The standard InChI is InChI=1S/C16H25N3O3S2/c1-3-4-11(2)17-9-12-5-6-14(20)19(12)7-8-23-16-18-13(10-24-16)15(21)22/h10-12,17H,3-9H2,1-2H3,(H,21,22)/t11?,12-/m1/s1. The Kier molecular flexibility index (Phi) is 7.51. The van der Waals surface area contributed by atoms with Crippen LogP contribution in [0.4, 0.5) is 0 Å². The molecule has 1 aromatic rings. The van der Waals surface area contributed by atoms with E-state index in [9.17, 15) is 9.59 Å². The van der Waals surface area contributed by atoms with Crippen LogP contribution >= 0.6 is 23.1 Å². The summed E-state index contributed by atoms with van der Waals surface area (Å²) in [7, 11) is 0. The number of carboxylic acid groups (broad SMARTS) is 1. The van der Waals surface area contributed by atoms with Crippen LogP contribution in [0.5, 0.6) is 0 Å². The SMILES string of the molecule is CCCC(C)NC[C@H]1CCC(=O)N1CCSc1nc(C(=O)O)cs1. The summed E-state index contributed by atoms with van der Waals surface area (Å²) in [6.45, 7) is 5.89. The number of thiazole rings is 1. The highest BCUT2D eigenvalue weighted by atomic mass is 32.2. The Morgan fingerprint density at radius 3 is 3.08 bits per heavy atom. The highest BCUT2D eigenvalue weighted by Gasteiger charge is 2.30. The molecule has 0 radical (unpaired) electrons. The van der Waals surface area contributed by atoms with E-state index in [0.29, 0.717) is 19.0 Å². The zero-order valence-corrected chi connectivity index (χ0v) is 15.8. The third kappa shape index (κ3) is 5.46. The third-order valence-corrected chi connectivity index (χ3v) is 6.14. The molecule has 2 N–H and O–H groups in total. The van der Waals surface area contributed by atoms with Crippen molar-refractivity contribution in [1.29, 1.82) is 0 Å². The van der Waals surface area contributed by atoms with E-state index in [0.717, 1.165) is 35.9 Å². The molecule has 2 rings (SSSR count). The normalized spacial score (nSPS) is 19.0. The highest BCUT2D eigenvalue weighted by Crippen LogP contribution is 2.24. The number of thioether (sulfide) groups is 1. The quantitative estimate of drug-likeness (QED) is 0.616. The number of aromatic nitrogens is 1. The van der Waals surface area contributed by atoms with Crippen molar-refractivity contribution < 1.29 is 14.7 Å². The Balaban J connectivity index is 1.78. The summed E-state index contributed by atoms with van der Waals surface area (Å²) in [5, 5.41) is 14.0. The van der Waals surface area contributed by atoms with Crippen molar-refractivity contribution in [2.45, 2.75) is 56.0 Å². The largest absolute Gasteiger partial charge is 0.476 e. The number of amides is 1. The van der Waals surface area contributed by atoms with Crippen LogP contribution in [-0.2, 0) is 4.79 Å². The first-order chi connectivity index (χ1) is 11.5. The van der Waals surface area contributed by atoms with E-state index in [1.165, 1.54) is 23.1 Å². The number of carbonyl (C=O) groups is 2. The molecule has 1 saturated heterocycles. The van der Waals surface area contributed by atoms with Crippen molar-refractivity contribution in [2.75, 3.05) is 18.8 Å². The highest BCUT2D eigenvalue weighted by molar-refractivity contribution is 8.01. The maximum atomic E-state index is 12.1. The predicted octanol–water partition coefficient (Wildman–Crippen LogP) is 2.70. The molecule has 0 aliphatic carbocycles. The number of carbonyl (C=O) groups excluding carboxylic acids is 1. The number of rotatable bonds is 10. The van der Waals surface area contributed by atoms with Crippen molar-refractivity contribution in [2.24, 2.45) is 0 Å². The maximum Gasteiger partial charge on any atom is 0.355 e. The lowest BCUT2D eigenvalue weighted by Crippen LogP contribution is -2.43. The van der Waals surface area contributed by atoms with Gasteiger partial charge in [-0.3, -0.25) is 4.79 Å². The summed E-state index contributed by atoms with van der Waals surface area (Å²) < 4.78 is 0.741. The number of hydrogen-bond acceptors (Lipinski definition) is 6. The van der Waals surface area contributed by atoms with Gasteiger partial charge in [0, 0.05) is 42.7 Å². The van der Waals surface area contributed by atoms with Crippen LogP contribution in [0.3, 0.4) is 0 Å². The minimum atomic E-state index is -1.000. The van der Waals surface area contributed by atoms with Gasteiger partial charge in [-0.1, -0.05) is 25.1 Å². The second-order valence-corrected chi connectivity index (χ2v) is 8.23. The van der Waals surface area contributed by atoms with Crippen molar-refractivity contribution >= 4 is 35.0 Å². The van der Waals surface area contributed by atoms with Crippen molar-refractivity contribution in [1.82, 2.24) is 15.2 Å². The number of nitrogens with one attached hydrogen (secondary N) is 1. The Hall–Kier alpha value is -1.12. The lowest BCUT2D eigenvalue weighted by molar-refractivity contribution is -0.128. The Bertz CT molecular complexity index is 565.